The quantitative estimate of drug-likeness (QED) is 0.904. The molecule has 2 aromatic rings. The lowest BCUT2D eigenvalue weighted by atomic mass is 10.2. The molecule has 2 nitrogen and oxygen atoms in total. The van der Waals surface area contributed by atoms with Gasteiger partial charge in [-0.3, -0.25) is 4.98 Å². The van der Waals surface area contributed by atoms with Crippen LogP contribution in [0.4, 0.5) is 0 Å². The van der Waals surface area contributed by atoms with Crippen LogP contribution in [0.5, 0.6) is 0 Å². The first-order valence-electron chi connectivity index (χ1n) is 5.75. The first kappa shape index (κ1) is 13.5. The molecule has 0 fully saturated rings. The van der Waals surface area contributed by atoms with E-state index in [4.69, 9.17) is 11.6 Å². The van der Waals surface area contributed by atoms with E-state index in [1.807, 2.05) is 42.6 Å². The predicted octanol–water partition coefficient (Wildman–Crippen LogP) is 4.35. The molecular weight excluding hydrogens is 312 g/mol. The second-order valence-corrected chi connectivity index (χ2v) is 5.37. The van der Waals surface area contributed by atoms with Crippen molar-refractivity contribution in [2.45, 2.75) is 19.5 Å². The summed E-state index contributed by atoms with van der Waals surface area (Å²) in [5.41, 5.74) is 2.20. The minimum atomic E-state index is 0.216. The number of nitrogens with one attached hydrogen (secondary N) is 1. The van der Waals surface area contributed by atoms with E-state index in [0.29, 0.717) is 0 Å². The highest BCUT2D eigenvalue weighted by atomic mass is 79.9. The van der Waals surface area contributed by atoms with Crippen LogP contribution in [0.25, 0.3) is 0 Å². The monoisotopic (exact) mass is 324 g/mol. The van der Waals surface area contributed by atoms with E-state index < -0.39 is 0 Å². The lowest BCUT2D eigenvalue weighted by Crippen LogP contribution is -2.18. The van der Waals surface area contributed by atoms with Crippen molar-refractivity contribution >= 4 is 27.5 Å². The Bertz CT molecular complexity index is 516. The Balaban J connectivity index is 1.97. The molecule has 1 atom stereocenters. The van der Waals surface area contributed by atoms with Crippen LogP contribution in [0, 0.1) is 0 Å². The number of pyridine rings is 1. The van der Waals surface area contributed by atoms with E-state index >= 15 is 0 Å². The van der Waals surface area contributed by atoms with Crippen LogP contribution in [-0.2, 0) is 6.54 Å². The fourth-order valence-electron chi connectivity index (χ4n) is 1.66. The molecule has 0 saturated heterocycles. The molecule has 0 aliphatic heterocycles. The van der Waals surface area contributed by atoms with Crippen LogP contribution in [0.1, 0.15) is 24.2 Å². The number of benzene rings is 1. The molecule has 0 amide bonds. The van der Waals surface area contributed by atoms with Crippen LogP contribution >= 0.6 is 27.5 Å². The Kier molecular flexibility index (Phi) is 4.75. The number of aromatic nitrogens is 1. The highest BCUT2D eigenvalue weighted by molar-refractivity contribution is 9.10. The normalized spacial score (nSPS) is 12.4. The first-order chi connectivity index (χ1) is 8.66. The van der Waals surface area contributed by atoms with Gasteiger partial charge in [-0.1, -0.05) is 23.7 Å². The molecule has 0 saturated carbocycles. The topological polar surface area (TPSA) is 24.9 Å². The van der Waals surface area contributed by atoms with Gasteiger partial charge in [0, 0.05) is 23.3 Å². The van der Waals surface area contributed by atoms with E-state index in [-0.39, 0.29) is 6.04 Å². The lowest BCUT2D eigenvalue weighted by molar-refractivity contribution is 0.561. The highest BCUT2D eigenvalue weighted by Gasteiger charge is 2.06. The molecule has 1 heterocycles. The summed E-state index contributed by atoms with van der Waals surface area (Å²) in [6, 6.07) is 12.1. The van der Waals surface area contributed by atoms with Gasteiger partial charge in [-0.25, -0.2) is 0 Å². The molecule has 1 aromatic heterocycles. The molecule has 18 heavy (non-hydrogen) atoms. The molecule has 1 aromatic carbocycles. The summed E-state index contributed by atoms with van der Waals surface area (Å²) in [6.07, 6.45) is 1.81. The summed E-state index contributed by atoms with van der Waals surface area (Å²) in [5.74, 6) is 0. The van der Waals surface area contributed by atoms with Gasteiger partial charge in [-0.2, -0.15) is 0 Å². The van der Waals surface area contributed by atoms with Gasteiger partial charge in [0.25, 0.3) is 0 Å². The number of rotatable bonds is 4. The predicted molar refractivity (Wildman–Crippen MR) is 78.6 cm³/mol. The molecule has 1 N–H and O–H groups in total. The van der Waals surface area contributed by atoms with Crippen molar-refractivity contribution in [3.8, 4) is 0 Å². The lowest BCUT2D eigenvalue weighted by Gasteiger charge is -2.13. The van der Waals surface area contributed by atoms with Crippen LogP contribution < -0.4 is 5.32 Å². The second-order valence-electron chi connectivity index (χ2n) is 4.11. The molecular formula is C14H14BrClN2. The molecule has 0 unspecified atom stereocenters. The van der Waals surface area contributed by atoms with Crippen molar-refractivity contribution in [1.29, 1.82) is 0 Å². The van der Waals surface area contributed by atoms with Crippen LogP contribution in [0.15, 0.2) is 47.1 Å². The Morgan fingerprint density at radius 2 is 2.17 bits per heavy atom. The molecule has 94 valence electrons. The zero-order valence-corrected chi connectivity index (χ0v) is 12.4. The second kappa shape index (κ2) is 6.32. The van der Waals surface area contributed by atoms with Gasteiger partial charge in [0.05, 0.1) is 10.7 Å². The van der Waals surface area contributed by atoms with Gasteiger partial charge in [0.2, 0.25) is 0 Å². The minimum Gasteiger partial charge on any atom is -0.305 e. The van der Waals surface area contributed by atoms with Gasteiger partial charge in [-0.15, -0.1) is 0 Å². The zero-order valence-electron chi connectivity index (χ0n) is 10.0. The van der Waals surface area contributed by atoms with Gasteiger partial charge in [0.1, 0.15) is 0 Å². The molecule has 0 spiro atoms. The molecule has 2 rings (SSSR count). The fraction of sp³-hybridized carbons (Fsp3) is 0.214. The van der Waals surface area contributed by atoms with Crippen LogP contribution in [0.2, 0.25) is 5.02 Å². The maximum Gasteiger partial charge on any atom is 0.0570 e. The number of hydrogen-bond acceptors (Lipinski definition) is 2. The standard InChI is InChI=1S/C14H14BrClN2/c1-10(14-4-2-3-7-17-14)18-9-11-5-6-12(15)13(16)8-11/h2-8,10,18H,9H2,1H3/t10-/m0/s1. The van der Waals surface area contributed by atoms with Gasteiger partial charge >= 0.3 is 0 Å². The minimum absolute atomic E-state index is 0.216. The van der Waals surface area contributed by atoms with E-state index in [1.165, 1.54) is 0 Å². The summed E-state index contributed by atoms with van der Waals surface area (Å²) in [6.45, 7) is 2.87. The third-order valence-electron chi connectivity index (χ3n) is 2.73. The van der Waals surface area contributed by atoms with Crippen molar-refractivity contribution < 1.29 is 0 Å². The summed E-state index contributed by atoms with van der Waals surface area (Å²) in [7, 11) is 0. The fourth-order valence-corrected chi connectivity index (χ4v) is 2.11. The van der Waals surface area contributed by atoms with Gasteiger partial charge < -0.3 is 5.32 Å². The van der Waals surface area contributed by atoms with Crippen molar-refractivity contribution in [3.05, 3.63) is 63.3 Å². The number of halogens is 2. The van der Waals surface area contributed by atoms with Crippen molar-refractivity contribution in [2.24, 2.45) is 0 Å². The number of nitrogens with zero attached hydrogens (tertiary/aromatic N) is 1. The Hall–Kier alpha value is -0.900. The zero-order chi connectivity index (χ0) is 13.0. The summed E-state index contributed by atoms with van der Waals surface area (Å²) < 4.78 is 0.922. The molecule has 0 radical (unpaired) electrons. The maximum absolute atomic E-state index is 6.06. The van der Waals surface area contributed by atoms with E-state index in [0.717, 1.165) is 27.3 Å². The van der Waals surface area contributed by atoms with E-state index in [2.05, 4.69) is 33.2 Å². The third-order valence-corrected chi connectivity index (χ3v) is 3.96. The van der Waals surface area contributed by atoms with Crippen LogP contribution in [0.3, 0.4) is 0 Å². The molecule has 4 heteroatoms. The van der Waals surface area contributed by atoms with E-state index in [1.54, 1.807) is 0 Å². The first-order valence-corrected chi connectivity index (χ1v) is 6.92. The Morgan fingerprint density at radius 1 is 1.33 bits per heavy atom. The highest BCUT2D eigenvalue weighted by Crippen LogP contribution is 2.23. The Labute approximate surface area is 121 Å². The van der Waals surface area contributed by atoms with Crippen molar-refractivity contribution in [2.75, 3.05) is 0 Å². The molecule has 0 aliphatic rings. The molecule has 0 bridgehead atoms. The maximum atomic E-state index is 6.06. The van der Waals surface area contributed by atoms with Crippen molar-refractivity contribution in [1.82, 2.24) is 10.3 Å². The van der Waals surface area contributed by atoms with E-state index in [9.17, 15) is 0 Å². The summed E-state index contributed by atoms with van der Waals surface area (Å²) >= 11 is 9.44. The SMILES string of the molecule is C[C@H](NCc1ccc(Br)c(Cl)c1)c1ccccn1. The largest absolute Gasteiger partial charge is 0.305 e. The van der Waals surface area contributed by atoms with Gasteiger partial charge in [0.15, 0.2) is 0 Å². The number of hydrogen-bond donors (Lipinski definition) is 1. The average molecular weight is 326 g/mol. The van der Waals surface area contributed by atoms with Crippen molar-refractivity contribution in [3.63, 3.8) is 0 Å². The smallest absolute Gasteiger partial charge is 0.0570 e. The third kappa shape index (κ3) is 3.55. The van der Waals surface area contributed by atoms with Crippen LogP contribution in [-0.4, -0.2) is 4.98 Å². The molecule has 0 aliphatic carbocycles. The van der Waals surface area contributed by atoms with Gasteiger partial charge in [-0.05, 0) is 52.7 Å². The average Bonchev–Trinajstić information content (AvgIpc) is 2.41. The summed E-state index contributed by atoms with van der Waals surface area (Å²) in [4.78, 5) is 4.33. The Morgan fingerprint density at radius 3 is 2.83 bits per heavy atom. The summed E-state index contributed by atoms with van der Waals surface area (Å²) in [5, 5.41) is 4.16.